The van der Waals surface area contributed by atoms with Gasteiger partial charge in [0.1, 0.15) is 5.75 Å². The molecule has 120 valence electrons. The first-order valence-electron chi connectivity index (χ1n) is 7.67. The molecule has 0 fully saturated rings. The molecule has 0 saturated heterocycles. The van der Waals surface area contributed by atoms with Crippen LogP contribution in [-0.4, -0.2) is 40.6 Å². The van der Waals surface area contributed by atoms with Crippen LogP contribution in [0.1, 0.15) is 36.9 Å². The summed E-state index contributed by atoms with van der Waals surface area (Å²) in [7, 11) is 3.41. The van der Waals surface area contributed by atoms with E-state index >= 15 is 0 Å². The highest BCUT2D eigenvalue weighted by Crippen LogP contribution is 2.28. The average Bonchev–Trinajstić information content (AvgIpc) is 2.50. The topological polar surface area (TPSA) is 39.7 Å². The molecule has 0 aromatic heterocycles. The Morgan fingerprint density at radius 1 is 1.14 bits per heavy atom. The molecular weight excluding hydrogens is 266 g/mol. The zero-order valence-electron chi connectivity index (χ0n) is 13.8. The van der Waals surface area contributed by atoms with Gasteiger partial charge in [0.25, 0.3) is 0 Å². The van der Waals surface area contributed by atoms with Gasteiger partial charge < -0.3 is 19.5 Å². The summed E-state index contributed by atoms with van der Waals surface area (Å²) < 4.78 is 16.1. The lowest BCUT2D eigenvalue weighted by Crippen LogP contribution is -2.24. The Kier molecular flexibility index (Phi) is 9.06. The summed E-state index contributed by atoms with van der Waals surface area (Å²) in [5, 5.41) is 3.59. The van der Waals surface area contributed by atoms with Gasteiger partial charge in [-0.15, -0.1) is 0 Å². The van der Waals surface area contributed by atoms with E-state index in [0.717, 1.165) is 25.1 Å². The van der Waals surface area contributed by atoms with Gasteiger partial charge in [-0.25, -0.2) is 0 Å². The van der Waals surface area contributed by atoms with Crippen molar-refractivity contribution in [3.05, 3.63) is 29.3 Å². The molecule has 1 aromatic carbocycles. The van der Waals surface area contributed by atoms with Gasteiger partial charge in [0.15, 0.2) is 0 Å². The molecule has 0 radical (unpaired) electrons. The van der Waals surface area contributed by atoms with E-state index in [9.17, 15) is 0 Å². The van der Waals surface area contributed by atoms with Crippen molar-refractivity contribution >= 4 is 0 Å². The largest absolute Gasteiger partial charge is 0.496 e. The van der Waals surface area contributed by atoms with E-state index in [4.69, 9.17) is 14.2 Å². The molecule has 1 atom stereocenters. The van der Waals surface area contributed by atoms with Crippen LogP contribution in [0.5, 0.6) is 5.75 Å². The Balaban J connectivity index is 2.69. The van der Waals surface area contributed by atoms with Crippen molar-refractivity contribution < 1.29 is 14.2 Å². The number of hydrogen-bond donors (Lipinski definition) is 1. The first-order valence-corrected chi connectivity index (χ1v) is 7.67. The number of methoxy groups -OCH3 is 2. The van der Waals surface area contributed by atoms with Crippen molar-refractivity contribution in [2.45, 2.75) is 32.7 Å². The molecule has 1 aromatic rings. The van der Waals surface area contributed by atoms with E-state index in [1.165, 1.54) is 11.1 Å². The lowest BCUT2D eigenvalue weighted by molar-refractivity contribution is 0.0656. The van der Waals surface area contributed by atoms with Crippen LogP contribution in [0, 0.1) is 6.92 Å². The summed E-state index contributed by atoms with van der Waals surface area (Å²) in [6.45, 7) is 7.26. The molecule has 0 bridgehead atoms. The summed E-state index contributed by atoms with van der Waals surface area (Å²) >= 11 is 0. The molecule has 0 heterocycles. The van der Waals surface area contributed by atoms with Gasteiger partial charge in [0.2, 0.25) is 0 Å². The Labute approximate surface area is 128 Å². The van der Waals surface area contributed by atoms with Crippen LogP contribution in [0.2, 0.25) is 0 Å². The van der Waals surface area contributed by atoms with Crippen molar-refractivity contribution in [2.75, 3.05) is 40.6 Å². The van der Waals surface area contributed by atoms with Crippen LogP contribution in [0.15, 0.2) is 18.2 Å². The third kappa shape index (κ3) is 6.46. The molecule has 1 rings (SSSR count). The van der Waals surface area contributed by atoms with E-state index in [2.05, 4.69) is 31.3 Å². The van der Waals surface area contributed by atoms with E-state index < -0.39 is 0 Å². The summed E-state index contributed by atoms with van der Waals surface area (Å²) in [5.41, 5.74) is 2.45. The first-order chi connectivity index (χ1) is 10.2. The van der Waals surface area contributed by atoms with Gasteiger partial charge in [-0.1, -0.05) is 24.6 Å². The molecule has 0 aliphatic heterocycles. The predicted molar refractivity (Wildman–Crippen MR) is 86.1 cm³/mol. The van der Waals surface area contributed by atoms with Crippen LogP contribution >= 0.6 is 0 Å². The molecule has 0 spiro atoms. The highest BCUT2D eigenvalue weighted by atomic mass is 16.5. The number of rotatable bonds is 11. The van der Waals surface area contributed by atoms with Crippen LogP contribution in [0.4, 0.5) is 0 Å². The molecule has 0 amide bonds. The predicted octanol–water partition coefficient (Wildman–Crippen LogP) is 3.10. The SMILES string of the molecule is CCCNC(CCOCCOC)c1cc(C)ccc1OC. The van der Waals surface area contributed by atoms with Crippen molar-refractivity contribution in [3.8, 4) is 5.75 Å². The number of benzene rings is 1. The number of aryl methyl sites for hydroxylation is 1. The number of ether oxygens (including phenoxy) is 3. The molecule has 4 heteroatoms. The average molecular weight is 295 g/mol. The molecule has 0 saturated carbocycles. The Morgan fingerprint density at radius 3 is 2.62 bits per heavy atom. The fraction of sp³-hybridized carbons (Fsp3) is 0.647. The summed E-state index contributed by atoms with van der Waals surface area (Å²) in [5.74, 6) is 0.936. The minimum atomic E-state index is 0.252. The van der Waals surface area contributed by atoms with E-state index in [1.54, 1.807) is 14.2 Å². The zero-order chi connectivity index (χ0) is 15.5. The maximum atomic E-state index is 5.60. The summed E-state index contributed by atoms with van der Waals surface area (Å²) in [4.78, 5) is 0. The van der Waals surface area contributed by atoms with Crippen LogP contribution in [-0.2, 0) is 9.47 Å². The Morgan fingerprint density at radius 2 is 1.95 bits per heavy atom. The Hall–Kier alpha value is -1.10. The number of nitrogens with one attached hydrogen (secondary N) is 1. The summed E-state index contributed by atoms with van der Waals surface area (Å²) in [6.07, 6.45) is 2.03. The maximum absolute atomic E-state index is 5.60. The fourth-order valence-corrected chi connectivity index (χ4v) is 2.26. The minimum absolute atomic E-state index is 0.252. The van der Waals surface area contributed by atoms with Gasteiger partial charge >= 0.3 is 0 Å². The van der Waals surface area contributed by atoms with Gasteiger partial charge in [-0.2, -0.15) is 0 Å². The molecule has 0 aliphatic carbocycles. The molecule has 4 nitrogen and oxygen atoms in total. The molecule has 21 heavy (non-hydrogen) atoms. The van der Waals surface area contributed by atoms with Gasteiger partial charge in [-0.3, -0.25) is 0 Å². The van der Waals surface area contributed by atoms with Gasteiger partial charge in [-0.05, 0) is 32.4 Å². The second kappa shape index (κ2) is 10.6. The summed E-state index contributed by atoms with van der Waals surface area (Å²) in [6, 6.07) is 6.56. The highest BCUT2D eigenvalue weighted by Gasteiger charge is 2.15. The van der Waals surface area contributed by atoms with Crippen molar-refractivity contribution in [1.82, 2.24) is 5.32 Å². The molecular formula is C17H29NO3. The van der Waals surface area contributed by atoms with E-state index in [1.807, 2.05) is 6.07 Å². The molecule has 1 N–H and O–H groups in total. The van der Waals surface area contributed by atoms with Gasteiger partial charge in [0.05, 0.1) is 20.3 Å². The third-order valence-electron chi connectivity index (χ3n) is 3.38. The first kappa shape index (κ1) is 18.0. The molecule has 0 aliphatic rings. The normalized spacial score (nSPS) is 12.4. The Bertz CT molecular complexity index is 396. The highest BCUT2D eigenvalue weighted by molar-refractivity contribution is 5.39. The van der Waals surface area contributed by atoms with Gasteiger partial charge in [0, 0.05) is 25.3 Å². The lowest BCUT2D eigenvalue weighted by Gasteiger charge is -2.22. The monoisotopic (exact) mass is 295 g/mol. The maximum Gasteiger partial charge on any atom is 0.123 e. The quantitative estimate of drug-likeness (QED) is 0.637. The number of hydrogen-bond acceptors (Lipinski definition) is 4. The van der Waals surface area contributed by atoms with E-state index in [-0.39, 0.29) is 6.04 Å². The lowest BCUT2D eigenvalue weighted by atomic mass is 10.0. The van der Waals surface area contributed by atoms with Crippen molar-refractivity contribution in [3.63, 3.8) is 0 Å². The fourth-order valence-electron chi connectivity index (χ4n) is 2.26. The second-order valence-electron chi connectivity index (χ2n) is 5.15. The second-order valence-corrected chi connectivity index (χ2v) is 5.15. The van der Waals surface area contributed by atoms with Crippen LogP contribution in [0.25, 0.3) is 0 Å². The minimum Gasteiger partial charge on any atom is -0.496 e. The van der Waals surface area contributed by atoms with Crippen LogP contribution in [0.3, 0.4) is 0 Å². The van der Waals surface area contributed by atoms with Crippen LogP contribution < -0.4 is 10.1 Å². The van der Waals surface area contributed by atoms with E-state index in [0.29, 0.717) is 19.8 Å². The third-order valence-corrected chi connectivity index (χ3v) is 3.38. The van der Waals surface area contributed by atoms with Crippen molar-refractivity contribution in [2.24, 2.45) is 0 Å². The standard InChI is InChI=1S/C17H29NO3/c1-5-9-18-16(8-10-21-12-11-19-3)15-13-14(2)6-7-17(15)20-4/h6-7,13,16,18H,5,8-12H2,1-4H3. The van der Waals surface area contributed by atoms with Crippen molar-refractivity contribution in [1.29, 1.82) is 0 Å². The molecule has 1 unspecified atom stereocenters. The smallest absolute Gasteiger partial charge is 0.123 e. The zero-order valence-corrected chi connectivity index (χ0v) is 13.8.